The lowest BCUT2D eigenvalue weighted by molar-refractivity contribution is -0.143. The molecule has 0 spiro atoms. The first-order chi connectivity index (χ1) is 9.51. The third-order valence-corrected chi connectivity index (χ3v) is 1.95. The van der Waals surface area contributed by atoms with Crippen LogP contribution in [-0.4, -0.2) is 53.7 Å². The number of urea groups is 1. The summed E-state index contributed by atoms with van der Waals surface area (Å²) < 4.78 is 4.51. The SMILES string of the molecule is CC(NC(=O)NC(=O)COCC(=O)O)C(=O)NC(C)(C)C. The number of rotatable bonds is 6. The van der Waals surface area contributed by atoms with Crippen molar-refractivity contribution in [1.29, 1.82) is 0 Å². The smallest absolute Gasteiger partial charge is 0.329 e. The molecule has 0 aromatic heterocycles. The molecule has 0 rings (SSSR count). The highest BCUT2D eigenvalue weighted by Gasteiger charge is 2.21. The Balaban J connectivity index is 4.10. The molecule has 4 N–H and O–H groups in total. The van der Waals surface area contributed by atoms with Gasteiger partial charge in [-0.1, -0.05) is 0 Å². The van der Waals surface area contributed by atoms with Crippen LogP contribution in [0.2, 0.25) is 0 Å². The molecule has 0 saturated carbocycles. The zero-order valence-electron chi connectivity index (χ0n) is 12.5. The van der Waals surface area contributed by atoms with Gasteiger partial charge in [-0.25, -0.2) is 9.59 Å². The monoisotopic (exact) mass is 303 g/mol. The van der Waals surface area contributed by atoms with Gasteiger partial charge in [-0.3, -0.25) is 14.9 Å². The molecule has 4 amide bonds. The van der Waals surface area contributed by atoms with E-state index in [0.717, 1.165) is 0 Å². The Hall–Kier alpha value is -2.16. The molecule has 0 aromatic carbocycles. The molecule has 120 valence electrons. The van der Waals surface area contributed by atoms with Crippen LogP contribution in [0.4, 0.5) is 4.79 Å². The molecule has 9 nitrogen and oxygen atoms in total. The molecule has 1 atom stereocenters. The topological polar surface area (TPSA) is 134 Å². The summed E-state index contributed by atoms with van der Waals surface area (Å²) in [6.07, 6.45) is 0. The minimum atomic E-state index is -1.22. The molecule has 21 heavy (non-hydrogen) atoms. The minimum Gasteiger partial charge on any atom is -0.480 e. The summed E-state index contributed by atoms with van der Waals surface area (Å²) in [5, 5.41) is 15.2. The van der Waals surface area contributed by atoms with E-state index in [1.54, 1.807) is 20.8 Å². The van der Waals surface area contributed by atoms with Gasteiger partial charge < -0.3 is 20.5 Å². The third-order valence-electron chi connectivity index (χ3n) is 1.95. The van der Waals surface area contributed by atoms with Crippen molar-refractivity contribution in [3.05, 3.63) is 0 Å². The Morgan fingerprint density at radius 3 is 2.19 bits per heavy atom. The van der Waals surface area contributed by atoms with E-state index in [4.69, 9.17) is 5.11 Å². The molecule has 9 heteroatoms. The maximum absolute atomic E-state index is 11.7. The van der Waals surface area contributed by atoms with Gasteiger partial charge in [0.25, 0.3) is 5.91 Å². The Bertz CT molecular complexity index is 416. The quantitative estimate of drug-likeness (QED) is 0.508. The van der Waals surface area contributed by atoms with Crippen LogP contribution in [0.25, 0.3) is 0 Å². The van der Waals surface area contributed by atoms with Gasteiger partial charge in [0.1, 0.15) is 19.3 Å². The number of ether oxygens (including phenoxy) is 1. The average molecular weight is 303 g/mol. The number of nitrogens with one attached hydrogen (secondary N) is 3. The minimum absolute atomic E-state index is 0.396. The number of imide groups is 1. The number of carbonyl (C=O) groups is 4. The molecular weight excluding hydrogens is 282 g/mol. The molecule has 0 fully saturated rings. The summed E-state index contributed by atoms with van der Waals surface area (Å²) in [5.41, 5.74) is -0.440. The van der Waals surface area contributed by atoms with Crippen LogP contribution in [0, 0.1) is 0 Å². The number of carbonyl (C=O) groups excluding carboxylic acids is 3. The molecule has 0 aliphatic carbocycles. The van der Waals surface area contributed by atoms with Gasteiger partial charge in [-0.2, -0.15) is 0 Å². The lowest BCUT2D eigenvalue weighted by Gasteiger charge is -2.23. The number of hydrogen-bond donors (Lipinski definition) is 4. The summed E-state index contributed by atoms with van der Waals surface area (Å²) in [4.78, 5) is 44.5. The summed E-state index contributed by atoms with van der Waals surface area (Å²) in [6.45, 7) is 5.64. The maximum Gasteiger partial charge on any atom is 0.329 e. The number of carboxylic acid groups (broad SMARTS) is 1. The molecule has 0 heterocycles. The molecule has 0 aliphatic rings. The van der Waals surface area contributed by atoms with Crippen LogP contribution in [-0.2, 0) is 19.1 Å². The largest absolute Gasteiger partial charge is 0.480 e. The molecule has 0 radical (unpaired) electrons. The van der Waals surface area contributed by atoms with E-state index >= 15 is 0 Å². The predicted molar refractivity (Wildman–Crippen MR) is 72.5 cm³/mol. The van der Waals surface area contributed by atoms with E-state index in [-0.39, 0.29) is 0 Å². The first-order valence-corrected chi connectivity index (χ1v) is 6.23. The van der Waals surface area contributed by atoms with E-state index in [1.165, 1.54) is 6.92 Å². The van der Waals surface area contributed by atoms with Crippen molar-refractivity contribution in [3.63, 3.8) is 0 Å². The van der Waals surface area contributed by atoms with E-state index < -0.39 is 48.6 Å². The third kappa shape index (κ3) is 10.3. The zero-order chi connectivity index (χ0) is 16.6. The number of aliphatic carboxylic acids is 1. The van der Waals surface area contributed by atoms with Crippen molar-refractivity contribution < 1.29 is 29.0 Å². The second kappa shape index (κ2) is 8.20. The summed E-state index contributed by atoms with van der Waals surface area (Å²) in [7, 11) is 0. The second-order valence-corrected chi connectivity index (χ2v) is 5.37. The van der Waals surface area contributed by atoms with Gasteiger partial charge in [0.2, 0.25) is 5.91 Å². The lowest BCUT2D eigenvalue weighted by Crippen LogP contribution is -2.53. The van der Waals surface area contributed by atoms with Gasteiger partial charge >= 0.3 is 12.0 Å². The number of amides is 4. The lowest BCUT2D eigenvalue weighted by atomic mass is 10.1. The van der Waals surface area contributed by atoms with Crippen molar-refractivity contribution in [2.45, 2.75) is 39.3 Å². The van der Waals surface area contributed by atoms with Gasteiger partial charge in [0.05, 0.1) is 0 Å². The number of hydrogen-bond acceptors (Lipinski definition) is 5. The highest BCUT2D eigenvalue weighted by molar-refractivity contribution is 5.97. The average Bonchev–Trinajstić information content (AvgIpc) is 2.25. The van der Waals surface area contributed by atoms with E-state index in [0.29, 0.717) is 0 Å². The van der Waals surface area contributed by atoms with Crippen LogP contribution in [0.1, 0.15) is 27.7 Å². The Kier molecular flexibility index (Phi) is 7.36. The summed E-state index contributed by atoms with van der Waals surface area (Å²) in [5.74, 6) is -2.43. The van der Waals surface area contributed by atoms with Crippen LogP contribution in [0.3, 0.4) is 0 Å². The van der Waals surface area contributed by atoms with Crippen molar-refractivity contribution in [2.24, 2.45) is 0 Å². The summed E-state index contributed by atoms with van der Waals surface area (Å²) in [6, 6.07) is -1.70. The standard InChI is InChI=1S/C12H21N3O6/c1-7(10(19)15-12(2,3)4)13-11(20)14-8(16)5-21-6-9(17)18/h7H,5-6H2,1-4H3,(H,15,19)(H,17,18)(H2,13,14,16,20). The van der Waals surface area contributed by atoms with Crippen molar-refractivity contribution in [1.82, 2.24) is 16.0 Å². The van der Waals surface area contributed by atoms with Crippen molar-refractivity contribution in [2.75, 3.05) is 13.2 Å². The Morgan fingerprint density at radius 1 is 1.14 bits per heavy atom. The van der Waals surface area contributed by atoms with Gasteiger partial charge in [-0.05, 0) is 27.7 Å². The molecular formula is C12H21N3O6. The van der Waals surface area contributed by atoms with Crippen LogP contribution >= 0.6 is 0 Å². The highest BCUT2D eigenvalue weighted by Crippen LogP contribution is 1.99. The molecule has 1 unspecified atom stereocenters. The van der Waals surface area contributed by atoms with Crippen LogP contribution in [0.5, 0.6) is 0 Å². The molecule has 0 aromatic rings. The van der Waals surface area contributed by atoms with Gasteiger partial charge in [0.15, 0.2) is 0 Å². The fourth-order valence-corrected chi connectivity index (χ4v) is 1.17. The van der Waals surface area contributed by atoms with Crippen molar-refractivity contribution >= 4 is 23.8 Å². The van der Waals surface area contributed by atoms with E-state index in [1.807, 2.05) is 5.32 Å². The zero-order valence-corrected chi connectivity index (χ0v) is 12.5. The normalized spacial score (nSPS) is 12.2. The fraction of sp³-hybridized carbons (Fsp3) is 0.667. The summed E-state index contributed by atoms with van der Waals surface area (Å²) >= 11 is 0. The van der Waals surface area contributed by atoms with E-state index in [2.05, 4.69) is 15.4 Å². The second-order valence-electron chi connectivity index (χ2n) is 5.37. The fourth-order valence-electron chi connectivity index (χ4n) is 1.17. The first-order valence-electron chi connectivity index (χ1n) is 6.23. The molecule has 0 aliphatic heterocycles. The predicted octanol–water partition coefficient (Wildman–Crippen LogP) is -0.783. The Labute approximate surface area is 122 Å². The highest BCUT2D eigenvalue weighted by atomic mass is 16.5. The van der Waals surface area contributed by atoms with Crippen molar-refractivity contribution in [3.8, 4) is 0 Å². The molecule has 0 bridgehead atoms. The first kappa shape index (κ1) is 18.8. The number of carboxylic acids is 1. The Morgan fingerprint density at radius 2 is 1.71 bits per heavy atom. The maximum atomic E-state index is 11.7. The van der Waals surface area contributed by atoms with Crippen LogP contribution in [0.15, 0.2) is 0 Å². The van der Waals surface area contributed by atoms with Crippen LogP contribution < -0.4 is 16.0 Å². The molecule has 0 saturated heterocycles. The van der Waals surface area contributed by atoms with Gasteiger partial charge in [-0.15, -0.1) is 0 Å². The van der Waals surface area contributed by atoms with Gasteiger partial charge in [0, 0.05) is 5.54 Å². The van der Waals surface area contributed by atoms with E-state index in [9.17, 15) is 19.2 Å².